The first-order chi connectivity index (χ1) is 6.70. The number of ether oxygens (including phenoxy) is 1. The maximum Gasteiger partial charge on any atom is 0.0602 e. The van der Waals surface area contributed by atoms with Crippen molar-refractivity contribution in [3.05, 3.63) is 0 Å². The molecule has 1 fully saturated rings. The Hall–Kier alpha value is -0.0400. The van der Waals surface area contributed by atoms with Gasteiger partial charge in [-0.3, -0.25) is 0 Å². The van der Waals surface area contributed by atoms with Crippen LogP contribution in [0, 0.1) is 11.3 Å². The molecule has 2 atom stereocenters. The summed E-state index contributed by atoms with van der Waals surface area (Å²) in [6.07, 6.45) is 5.83. The van der Waals surface area contributed by atoms with Gasteiger partial charge in [0.05, 0.1) is 11.7 Å². The van der Waals surface area contributed by atoms with E-state index in [1.54, 1.807) is 0 Å². The summed E-state index contributed by atoms with van der Waals surface area (Å²) in [5, 5.41) is 0. The van der Waals surface area contributed by atoms with Crippen LogP contribution in [0.5, 0.6) is 0 Å². The highest BCUT2D eigenvalue weighted by atomic mass is 16.5. The molecule has 0 aromatic carbocycles. The van der Waals surface area contributed by atoms with E-state index >= 15 is 0 Å². The van der Waals surface area contributed by atoms with E-state index in [0.29, 0.717) is 11.5 Å². The van der Waals surface area contributed by atoms with Gasteiger partial charge in [0.1, 0.15) is 0 Å². The van der Waals surface area contributed by atoms with Gasteiger partial charge in [-0.1, -0.05) is 20.3 Å². The van der Waals surface area contributed by atoms with E-state index in [2.05, 4.69) is 41.5 Å². The van der Waals surface area contributed by atoms with Crippen molar-refractivity contribution in [2.24, 2.45) is 11.3 Å². The fourth-order valence-electron chi connectivity index (χ4n) is 2.81. The third-order valence-electron chi connectivity index (χ3n) is 3.45. The van der Waals surface area contributed by atoms with Gasteiger partial charge in [0.25, 0.3) is 0 Å². The SMILES string of the molecule is C[C@H](OC(C)(C)C)[C@@H]1CCCC(C)(C)C1. The van der Waals surface area contributed by atoms with Crippen molar-refractivity contribution in [2.45, 2.75) is 78.9 Å². The maximum absolute atomic E-state index is 6.07. The minimum atomic E-state index is 0.000999. The Morgan fingerprint density at radius 3 is 2.33 bits per heavy atom. The Morgan fingerprint density at radius 1 is 1.27 bits per heavy atom. The zero-order valence-corrected chi connectivity index (χ0v) is 11.4. The van der Waals surface area contributed by atoms with Crippen LogP contribution in [0.2, 0.25) is 0 Å². The van der Waals surface area contributed by atoms with Gasteiger partial charge in [0.2, 0.25) is 0 Å². The normalized spacial score (nSPS) is 28.8. The molecule has 1 nitrogen and oxygen atoms in total. The van der Waals surface area contributed by atoms with Crippen molar-refractivity contribution in [1.29, 1.82) is 0 Å². The van der Waals surface area contributed by atoms with E-state index < -0.39 is 0 Å². The monoisotopic (exact) mass is 212 g/mol. The Balaban J connectivity index is 2.49. The average molecular weight is 212 g/mol. The zero-order chi connectivity index (χ0) is 11.7. The Morgan fingerprint density at radius 2 is 1.87 bits per heavy atom. The zero-order valence-electron chi connectivity index (χ0n) is 11.4. The third kappa shape index (κ3) is 4.55. The van der Waals surface area contributed by atoms with Crippen LogP contribution in [-0.2, 0) is 4.74 Å². The van der Waals surface area contributed by atoms with Crippen molar-refractivity contribution in [3.8, 4) is 0 Å². The smallest absolute Gasteiger partial charge is 0.0602 e. The van der Waals surface area contributed by atoms with Crippen molar-refractivity contribution < 1.29 is 4.74 Å². The second-order valence-corrected chi connectivity index (χ2v) is 6.96. The summed E-state index contributed by atoms with van der Waals surface area (Å²) in [4.78, 5) is 0. The Bertz CT molecular complexity index is 200. The first-order valence-corrected chi connectivity index (χ1v) is 6.37. The van der Waals surface area contributed by atoms with Crippen molar-refractivity contribution in [3.63, 3.8) is 0 Å². The van der Waals surface area contributed by atoms with Gasteiger partial charge in [-0.25, -0.2) is 0 Å². The van der Waals surface area contributed by atoms with Gasteiger partial charge in [-0.2, -0.15) is 0 Å². The van der Waals surface area contributed by atoms with Crippen molar-refractivity contribution in [2.75, 3.05) is 0 Å². The molecule has 0 aromatic heterocycles. The lowest BCUT2D eigenvalue weighted by atomic mass is 9.71. The molecule has 1 saturated carbocycles. The highest BCUT2D eigenvalue weighted by Gasteiger charge is 2.32. The molecule has 15 heavy (non-hydrogen) atoms. The first-order valence-electron chi connectivity index (χ1n) is 6.37. The number of hydrogen-bond donors (Lipinski definition) is 0. The van der Waals surface area contributed by atoms with E-state index in [1.807, 2.05) is 0 Å². The topological polar surface area (TPSA) is 9.23 Å². The second-order valence-electron chi connectivity index (χ2n) is 6.96. The average Bonchev–Trinajstić information content (AvgIpc) is 1.99. The number of rotatable bonds is 2. The molecule has 0 N–H and O–H groups in total. The van der Waals surface area contributed by atoms with Gasteiger partial charge in [0, 0.05) is 0 Å². The molecule has 0 aliphatic heterocycles. The van der Waals surface area contributed by atoms with E-state index in [-0.39, 0.29) is 5.60 Å². The van der Waals surface area contributed by atoms with Gasteiger partial charge < -0.3 is 4.74 Å². The van der Waals surface area contributed by atoms with Gasteiger partial charge in [-0.15, -0.1) is 0 Å². The predicted molar refractivity (Wildman–Crippen MR) is 66.0 cm³/mol. The molecule has 0 bridgehead atoms. The van der Waals surface area contributed by atoms with E-state index in [0.717, 1.165) is 5.92 Å². The van der Waals surface area contributed by atoms with Crippen LogP contribution in [-0.4, -0.2) is 11.7 Å². The van der Waals surface area contributed by atoms with Crippen molar-refractivity contribution in [1.82, 2.24) is 0 Å². The summed E-state index contributed by atoms with van der Waals surface area (Å²) in [5.41, 5.74) is 0.527. The summed E-state index contributed by atoms with van der Waals surface area (Å²) in [7, 11) is 0. The molecular formula is C14H28O. The Kier molecular flexibility index (Phi) is 3.86. The van der Waals surface area contributed by atoms with Gasteiger partial charge >= 0.3 is 0 Å². The lowest BCUT2D eigenvalue weighted by Gasteiger charge is -2.39. The molecule has 0 spiro atoms. The van der Waals surface area contributed by atoms with Crippen LogP contribution in [0.4, 0.5) is 0 Å². The van der Waals surface area contributed by atoms with E-state index in [1.165, 1.54) is 25.7 Å². The summed E-state index contributed by atoms with van der Waals surface area (Å²) in [6, 6.07) is 0. The van der Waals surface area contributed by atoms with Gasteiger partial charge in [-0.05, 0) is 58.3 Å². The summed E-state index contributed by atoms with van der Waals surface area (Å²) < 4.78 is 6.07. The first kappa shape index (κ1) is 13.0. The molecule has 0 saturated heterocycles. The Labute approximate surface area is 95.6 Å². The lowest BCUT2D eigenvalue weighted by molar-refractivity contribution is -0.0898. The fourth-order valence-corrected chi connectivity index (χ4v) is 2.81. The minimum Gasteiger partial charge on any atom is -0.373 e. The highest BCUT2D eigenvalue weighted by molar-refractivity contribution is 4.83. The summed E-state index contributed by atoms with van der Waals surface area (Å²) >= 11 is 0. The molecule has 0 unspecified atom stereocenters. The fraction of sp³-hybridized carbons (Fsp3) is 1.00. The standard InChI is InChI=1S/C14H28O/c1-11(15-13(2,3)4)12-8-7-9-14(5,6)10-12/h11-12H,7-10H2,1-6H3/t11-,12+/m0/s1. The van der Waals surface area contributed by atoms with Gasteiger partial charge in [0.15, 0.2) is 0 Å². The second kappa shape index (κ2) is 4.45. The van der Waals surface area contributed by atoms with Crippen molar-refractivity contribution >= 4 is 0 Å². The summed E-state index contributed by atoms with van der Waals surface area (Å²) in [6.45, 7) is 13.5. The van der Waals surface area contributed by atoms with Crippen LogP contribution in [0.25, 0.3) is 0 Å². The van der Waals surface area contributed by atoms with Crippen LogP contribution < -0.4 is 0 Å². The molecule has 0 radical (unpaired) electrons. The molecule has 0 aromatic rings. The van der Waals surface area contributed by atoms with E-state index in [4.69, 9.17) is 4.74 Å². The highest BCUT2D eigenvalue weighted by Crippen LogP contribution is 2.40. The number of hydrogen-bond acceptors (Lipinski definition) is 1. The largest absolute Gasteiger partial charge is 0.373 e. The summed E-state index contributed by atoms with van der Waals surface area (Å²) in [5.74, 6) is 0.757. The molecular weight excluding hydrogens is 184 g/mol. The molecule has 1 heteroatoms. The van der Waals surface area contributed by atoms with E-state index in [9.17, 15) is 0 Å². The molecule has 90 valence electrons. The quantitative estimate of drug-likeness (QED) is 0.659. The molecule has 1 rings (SSSR count). The molecule has 0 heterocycles. The van der Waals surface area contributed by atoms with Crippen LogP contribution in [0.15, 0.2) is 0 Å². The third-order valence-corrected chi connectivity index (χ3v) is 3.45. The minimum absolute atomic E-state index is 0.000999. The molecule has 1 aliphatic rings. The maximum atomic E-state index is 6.07. The van der Waals surface area contributed by atoms with Crippen LogP contribution >= 0.6 is 0 Å². The van der Waals surface area contributed by atoms with Crippen LogP contribution in [0.1, 0.15) is 67.2 Å². The molecule has 0 amide bonds. The van der Waals surface area contributed by atoms with Crippen LogP contribution in [0.3, 0.4) is 0 Å². The lowest BCUT2D eigenvalue weighted by Crippen LogP contribution is -2.35. The molecule has 1 aliphatic carbocycles. The predicted octanol–water partition coefficient (Wildman–Crippen LogP) is 4.41.